The van der Waals surface area contributed by atoms with Gasteiger partial charge in [0.2, 0.25) is 0 Å². The van der Waals surface area contributed by atoms with E-state index in [4.69, 9.17) is 4.98 Å². The molecule has 5 rings (SSSR count). The molecule has 2 aromatic carbocycles. The third-order valence-electron chi connectivity index (χ3n) is 5.56. The summed E-state index contributed by atoms with van der Waals surface area (Å²) in [6, 6.07) is 15.2. The maximum atomic E-state index is 13.1. The number of fused-ring (bicyclic) bond motifs is 2. The molecular weight excluding hydrogens is 366 g/mol. The highest BCUT2D eigenvalue weighted by molar-refractivity contribution is 5.89. The number of aromatic nitrogens is 4. The average molecular weight is 387 g/mol. The van der Waals surface area contributed by atoms with Crippen molar-refractivity contribution in [3.05, 3.63) is 71.0 Å². The van der Waals surface area contributed by atoms with Crippen LogP contribution in [-0.2, 0) is 6.54 Å². The Morgan fingerprint density at radius 3 is 2.59 bits per heavy atom. The third-order valence-corrected chi connectivity index (χ3v) is 5.56. The Bertz CT molecular complexity index is 1250. The molecule has 7 heteroatoms. The van der Waals surface area contributed by atoms with Crippen LogP contribution in [0.25, 0.3) is 21.8 Å². The summed E-state index contributed by atoms with van der Waals surface area (Å²) in [5, 5.41) is 11.1. The maximum Gasteiger partial charge on any atom is 0.261 e. The van der Waals surface area contributed by atoms with E-state index >= 15 is 0 Å². The molecule has 1 unspecified atom stereocenters. The lowest BCUT2D eigenvalue weighted by atomic mass is 10.1. The van der Waals surface area contributed by atoms with E-state index in [2.05, 4.69) is 14.9 Å². The Morgan fingerprint density at radius 1 is 1.00 bits per heavy atom. The summed E-state index contributed by atoms with van der Waals surface area (Å²) >= 11 is 0. The first kappa shape index (κ1) is 17.8. The molecule has 1 N–H and O–H groups in total. The van der Waals surface area contributed by atoms with E-state index in [1.165, 1.54) is 0 Å². The standard InChI is InChI=1S/C22H21N5O2/c28-13-12-27-21(25-18-9-4-2-7-16(18)22(27)29)19-10-5-11-26(19)20-15-6-1-3-8-17(15)23-14-24-20/h1-4,6-9,14,19,28H,5,10-13H2. The number of hydrogen-bond acceptors (Lipinski definition) is 6. The minimum absolute atomic E-state index is 0.0860. The van der Waals surface area contributed by atoms with E-state index in [0.717, 1.165) is 36.1 Å². The second-order valence-electron chi connectivity index (χ2n) is 7.23. The van der Waals surface area contributed by atoms with Crippen LogP contribution in [0.5, 0.6) is 0 Å². The highest BCUT2D eigenvalue weighted by atomic mass is 16.3. The molecule has 1 aliphatic heterocycles. The van der Waals surface area contributed by atoms with Crippen LogP contribution in [-0.4, -0.2) is 37.8 Å². The maximum absolute atomic E-state index is 13.1. The first-order valence-electron chi connectivity index (χ1n) is 9.84. The second kappa shape index (κ2) is 7.25. The number of hydrogen-bond donors (Lipinski definition) is 1. The molecule has 1 saturated heterocycles. The van der Waals surface area contributed by atoms with Gasteiger partial charge in [-0.05, 0) is 37.1 Å². The van der Waals surface area contributed by atoms with Crippen molar-refractivity contribution < 1.29 is 5.11 Å². The summed E-state index contributed by atoms with van der Waals surface area (Å²) in [4.78, 5) is 29.1. The van der Waals surface area contributed by atoms with Crippen LogP contribution >= 0.6 is 0 Å². The Morgan fingerprint density at radius 2 is 1.76 bits per heavy atom. The van der Waals surface area contributed by atoms with Gasteiger partial charge in [-0.15, -0.1) is 0 Å². The lowest BCUT2D eigenvalue weighted by Gasteiger charge is -2.28. The van der Waals surface area contributed by atoms with Crippen LogP contribution in [0.1, 0.15) is 24.7 Å². The summed E-state index contributed by atoms with van der Waals surface area (Å²) in [7, 11) is 0. The van der Waals surface area contributed by atoms with Crippen LogP contribution in [0.15, 0.2) is 59.7 Å². The van der Waals surface area contributed by atoms with Gasteiger partial charge < -0.3 is 10.0 Å². The molecule has 0 saturated carbocycles. The molecule has 4 aromatic rings. The number of benzene rings is 2. The number of aliphatic hydroxyl groups excluding tert-OH is 1. The van der Waals surface area contributed by atoms with Crippen LogP contribution in [0.4, 0.5) is 5.82 Å². The molecule has 0 aliphatic carbocycles. The van der Waals surface area contributed by atoms with Crippen molar-refractivity contribution in [2.75, 3.05) is 18.1 Å². The van der Waals surface area contributed by atoms with Gasteiger partial charge in [0.15, 0.2) is 0 Å². The molecule has 1 atom stereocenters. The van der Waals surface area contributed by atoms with Crippen molar-refractivity contribution in [1.82, 2.24) is 19.5 Å². The molecule has 0 bridgehead atoms. The fourth-order valence-electron chi connectivity index (χ4n) is 4.26. The van der Waals surface area contributed by atoms with Gasteiger partial charge in [-0.1, -0.05) is 24.3 Å². The summed E-state index contributed by atoms with van der Waals surface area (Å²) in [5.41, 5.74) is 1.46. The topological polar surface area (TPSA) is 84.1 Å². The average Bonchev–Trinajstić information content (AvgIpc) is 3.25. The smallest absolute Gasteiger partial charge is 0.261 e. The molecule has 0 radical (unpaired) electrons. The highest BCUT2D eigenvalue weighted by Crippen LogP contribution is 2.37. The number of para-hydroxylation sites is 2. The molecule has 29 heavy (non-hydrogen) atoms. The van der Waals surface area contributed by atoms with Gasteiger partial charge >= 0.3 is 0 Å². The van der Waals surface area contributed by atoms with E-state index in [9.17, 15) is 9.90 Å². The fraction of sp³-hybridized carbons (Fsp3) is 0.273. The quantitative estimate of drug-likeness (QED) is 0.580. The minimum Gasteiger partial charge on any atom is -0.395 e. The monoisotopic (exact) mass is 387 g/mol. The largest absolute Gasteiger partial charge is 0.395 e. The lowest BCUT2D eigenvalue weighted by Crippen LogP contribution is -2.33. The van der Waals surface area contributed by atoms with E-state index in [-0.39, 0.29) is 24.8 Å². The Balaban J connectivity index is 1.69. The van der Waals surface area contributed by atoms with Gasteiger partial charge in [0, 0.05) is 11.9 Å². The van der Waals surface area contributed by atoms with Crippen LogP contribution in [0.3, 0.4) is 0 Å². The van der Waals surface area contributed by atoms with Gasteiger partial charge in [0.25, 0.3) is 5.56 Å². The molecule has 0 amide bonds. The molecule has 1 fully saturated rings. The zero-order valence-corrected chi connectivity index (χ0v) is 15.9. The van der Waals surface area contributed by atoms with Gasteiger partial charge in [-0.25, -0.2) is 15.0 Å². The zero-order valence-electron chi connectivity index (χ0n) is 15.9. The SMILES string of the molecule is O=c1c2ccccc2nc(C2CCCN2c2ncnc3ccccc23)n1CCO. The fourth-order valence-corrected chi connectivity index (χ4v) is 4.26. The summed E-state index contributed by atoms with van der Waals surface area (Å²) in [6.45, 7) is 0.935. The van der Waals surface area contributed by atoms with Crippen molar-refractivity contribution in [3.63, 3.8) is 0 Å². The first-order valence-corrected chi connectivity index (χ1v) is 9.84. The van der Waals surface area contributed by atoms with Gasteiger partial charge in [0.1, 0.15) is 18.0 Å². The van der Waals surface area contributed by atoms with Gasteiger partial charge in [0.05, 0.1) is 35.6 Å². The number of aliphatic hydroxyl groups is 1. The molecule has 2 aromatic heterocycles. The molecule has 146 valence electrons. The van der Waals surface area contributed by atoms with Crippen molar-refractivity contribution in [1.29, 1.82) is 0 Å². The predicted octanol–water partition coefficient (Wildman–Crippen LogP) is 2.67. The molecule has 1 aliphatic rings. The molecule has 3 heterocycles. The Labute approximate surface area is 167 Å². The van der Waals surface area contributed by atoms with E-state index in [1.807, 2.05) is 42.5 Å². The number of rotatable bonds is 4. The second-order valence-corrected chi connectivity index (χ2v) is 7.23. The summed E-state index contributed by atoms with van der Waals surface area (Å²) in [5.74, 6) is 1.54. The summed E-state index contributed by atoms with van der Waals surface area (Å²) in [6.07, 6.45) is 3.43. The van der Waals surface area contributed by atoms with Crippen molar-refractivity contribution in [2.24, 2.45) is 0 Å². The lowest BCUT2D eigenvalue weighted by molar-refractivity contribution is 0.270. The van der Waals surface area contributed by atoms with Crippen LogP contribution in [0, 0.1) is 0 Å². The predicted molar refractivity (Wildman–Crippen MR) is 112 cm³/mol. The minimum atomic E-state index is -0.115. The van der Waals surface area contributed by atoms with Crippen molar-refractivity contribution in [3.8, 4) is 0 Å². The summed E-state index contributed by atoms with van der Waals surface area (Å²) < 4.78 is 1.62. The van der Waals surface area contributed by atoms with Crippen LogP contribution < -0.4 is 10.5 Å². The molecule has 7 nitrogen and oxygen atoms in total. The van der Waals surface area contributed by atoms with E-state index in [1.54, 1.807) is 17.0 Å². The van der Waals surface area contributed by atoms with Gasteiger partial charge in [-0.3, -0.25) is 9.36 Å². The van der Waals surface area contributed by atoms with Crippen LogP contribution in [0.2, 0.25) is 0 Å². The Hall–Kier alpha value is -3.32. The van der Waals surface area contributed by atoms with E-state index < -0.39 is 0 Å². The number of anilines is 1. The van der Waals surface area contributed by atoms with Gasteiger partial charge in [-0.2, -0.15) is 0 Å². The third kappa shape index (κ3) is 2.94. The number of nitrogens with zero attached hydrogens (tertiary/aromatic N) is 5. The Kier molecular flexibility index (Phi) is 4.44. The van der Waals surface area contributed by atoms with Crippen molar-refractivity contribution >= 4 is 27.6 Å². The first-order chi connectivity index (χ1) is 14.3. The normalized spacial score (nSPS) is 16.7. The zero-order chi connectivity index (χ0) is 19.8. The highest BCUT2D eigenvalue weighted by Gasteiger charge is 2.32. The molecular formula is C22H21N5O2. The van der Waals surface area contributed by atoms with Crippen molar-refractivity contribution in [2.45, 2.75) is 25.4 Å². The molecule has 0 spiro atoms. The van der Waals surface area contributed by atoms with E-state index in [0.29, 0.717) is 16.7 Å².